The van der Waals surface area contributed by atoms with Crippen LogP contribution in [-0.2, 0) is 4.79 Å². The van der Waals surface area contributed by atoms with Gasteiger partial charge in [0.15, 0.2) is 5.78 Å². The number of benzene rings is 1. The highest BCUT2D eigenvalue weighted by Crippen LogP contribution is 2.23. The summed E-state index contributed by atoms with van der Waals surface area (Å²) in [6.45, 7) is 3.60. The molecule has 0 aliphatic rings. The third-order valence-electron chi connectivity index (χ3n) is 1.96. The molecule has 0 aromatic heterocycles. The lowest BCUT2D eigenvalue weighted by molar-refractivity contribution is -0.115. The molecule has 0 unspecified atom stereocenters. The second-order valence-corrected chi connectivity index (χ2v) is 6.64. The number of carbonyl (C=O) groups excluding carboxylic acids is 1. The summed E-state index contributed by atoms with van der Waals surface area (Å²) in [6, 6.07) is 5.22. The molecule has 0 aliphatic heterocycles. The van der Waals surface area contributed by atoms with Crippen molar-refractivity contribution in [3.05, 3.63) is 39.9 Å². The van der Waals surface area contributed by atoms with Crippen molar-refractivity contribution in [2.24, 2.45) is 0 Å². The summed E-state index contributed by atoms with van der Waals surface area (Å²) in [5.74, 6) is -0.00132. The van der Waals surface area contributed by atoms with Gasteiger partial charge in [-0.15, -0.1) is 0 Å². The highest BCUT2D eigenvalue weighted by Gasteiger charge is 2.20. The van der Waals surface area contributed by atoms with Crippen LogP contribution >= 0.6 is 39.1 Å². The third kappa shape index (κ3) is 3.93. The Morgan fingerprint density at radius 1 is 1.31 bits per heavy atom. The summed E-state index contributed by atoms with van der Waals surface area (Å²) in [6.07, 6.45) is 3.24. The minimum atomic E-state index is -0.542. The molecular formula is C12H11BrCl2O. The van der Waals surface area contributed by atoms with Crippen molar-refractivity contribution < 1.29 is 4.79 Å². The van der Waals surface area contributed by atoms with Gasteiger partial charge in [-0.3, -0.25) is 4.79 Å². The summed E-state index contributed by atoms with van der Waals surface area (Å²) in [7, 11) is 0. The van der Waals surface area contributed by atoms with Gasteiger partial charge in [0.1, 0.15) is 0 Å². The fourth-order valence-corrected chi connectivity index (χ4v) is 1.42. The average molecular weight is 322 g/mol. The summed E-state index contributed by atoms with van der Waals surface area (Å²) >= 11 is 14.9. The van der Waals surface area contributed by atoms with E-state index in [1.54, 1.807) is 38.1 Å². The van der Waals surface area contributed by atoms with Gasteiger partial charge in [-0.1, -0.05) is 51.3 Å². The molecule has 1 rings (SSSR count). The summed E-state index contributed by atoms with van der Waals surface area (Å²) < 4.78 is -0.542. The molecule has 4 heteroatoms. The number of carbonyl (C=O) groups is 1. The Morgan fingerprint density at radius 3 is 2.44 bits per heavy atom. The second kappa shape index (κ2) is 5.35. The van der Waals surface area contributed by atoms with Crippen LogP contribution in [-0.4, -0.2) is 10.1 Å². The van der Waals surface area contributed by atoms with Crippen LogP contribution < -0.4 is 0 Å². The van der Waals surface area contributed by atoms with Gasteiger partial charge >= 0.3 is 0 Å². The van der Waals surface area contributed by atoms with E-state index in [-0.39, 0.29) is 5.78 Å². The normalized spacial score (nSPS) is 12.1. The predicted octanol–water partition coefficient (Wildman–Crippen LogP) is 4.75. The maximum Gasteiger partial charge on any atom is 0.171 e. The summed E-state index contributed by atoms with van der Waals surface area (Å²) in [5, 5.41) is 0.986. The monoisotopic (exact) mass is 320 g/mol. The van der Waals surface area contributed by atoms with Crippen molar-refractivity contribution in [2.75, 3.05) is 0 Å². The molecule has 1 aromatic carbocycles. The quantitative estimate of drug-likeness (QED) is 0.580. The van der Waals surface area contributed by atoms with Crippen molar-refractivity contribution in [1.82, 2.24) is 0 Å². The maximum absolute atomic E-state index is 11.6. The minimum Gasteiger partial charge on any atom is -0.293 e. The maximum atomic E-state index is 11.6. The molecular weight excluding hydrogens is 311 g/mol. The molecule has 1 aromatic rings. The molecule has 0 aliphatic carbocycles. The predicted molar refractivity (Wildman–Crippen MR) is 73.5 cm³/mol. The van der Waals surface area contributed by atoms with Crippen LogP contribution in [0.1, 0.15) is 19.4 Å². The van der Waals surface area contributed by atoms with Crippen molar-refractivity contribution in [3.8, 4) is 0 Å². The van der Waals surface area contributed by atoms with Crippen molar-refractivity contribution in [2.45, 2.75) is 18.2 Å². The molecule has 0 N–H and O–H groups in total. The van der Waals surface area contributed by atoms with Gasteiger partial charge in [0.25, 0.3) is 0 Å². The zero-order chi connectivity index (χ0) is 12.3. The Bertz CT molecular complexity index is 433. The fourth-order valence-electron chi connectivity index (χ4n) is 0.986. The van der Waals surface area contributed by atoms with Crippen molar-refractivity contribution in [3.63, 3.8) is 0 Å². The molecule has 0 saturated heterocycles. The van der Waals surface area contributed by atoms with Crippen LogP contribution in [0.3, 0.4) is 0 Å². The number of rotatable bonds is 3. The lowest BCUT2D eigenvalue weighted by Crippen LogP contribution is -2.21. The van der Waals surface area contributed by atoms with E-state index >= 15 is 0 Å². The highest BCUT2D eigenvalue weighted by atomic mass is 79.9. The van der Waals surface area contributed by atoms with Gasteiger partial charge in [-0.25, -0.2) is 0 Å². The molecule has 0 fully saturated rings. The van der Waals surface area contributed by atoms with E-state index in [0.717, 1.165) is 5.56 Å². The van der Waals surface area contributed by atoms with Crippen LogP contribution in [0.15, 0.2) is 24.3 Å². The minimum absolute atomic E-state index is 0.00132. The molecule has 16 heavy (non-hydrogen) atoms. The first kappa shape index (κ1) is 13.8. The van der Waals surface area contributed by atoms with Gasteiger partial charge in [0, 0.05) is 0 Å². The van der Waals surface area contributed by atoms with E-state index in [4.69, 9.17) is 23.2 Å². The third-order valence-corrected chi connectivity index (χ3v) is 3.09. The molecule has 1 nitrogen and oxygen atoms in total. The van der Waals surface area contributed by atoms with Crippen LogP contribution in [0.25, 0.3) is 6.08 Å². The number of alkyl halides is 1. The number of hydrogen-bond acceptors (Lipinski definition) is 1. The molecule has 0 atom stereocenters. The first-order chi connectivity index (χ1) is 7.30. The topological polar surface area (TPSA) is 17.1 Å². The highest BCUT2D eigenvalue weighted by molar-refractivity contribution is 9.10. The molecule has 0 spiro atoms. The molecule has 0 bridgehead atoms. The van der Waals surface area contributed by atoms with Gasteiger partial charge < -0.3 is 0 Å². The van der Waals surface area contributed by atoms with E-state index < -0.39 is 4.32 Å². The van der Waals surface area contributed by atoms with Crippen molar-refractivity contribution >= 4 is 51.0 Å². The van der Waals surface area contributed by atoms with E-state index in [1.165, 1.54) is 6.08 Å². The Kier molecular flexibility index (Phi) is 4.60. The van der Waals surface area contributed by atoms with Gasteiger partial charge in [0.2, 0.25) is 0 Å². The van der Waals surface area contributed by atoms with Gasteiger partial charge in [-0.05, 0) is 37.6 Å². The number of ketones is 1. The Morgan fingerprint density at radius 2 is 1.94 bits per heavy atom. The number of hydrogen-bond donors (Lipinski definition) is 0. The van der Waals surface area contributed by atoms with Crippen LogP contribution in [0.4, 0.5) is 0 Å². The van der Waals surface area contributed by atoms with Gasteiger partial charge in [0.05, 0.1) is 14.4 Å². The Balaban J connectivity index is 2.85. The zero-order valence-electron chi connectivity index (χ0n) is 8.93. The lowest BCUT2D eigenvalue weighted by Gasteiger charge is -2.10. The van der Waals surface area contributed by atoms with E-state index in [0.29, 0.717) is 10.0 Å². The summed E-state index contributed by atoms with van der Waals surface area (Å²) in [4.78, 5) is 11.6. The fraction of sp³-hybridized carbons (Fsp3) is 0.250. The molecule has 0 saturated carbocycles. The SMILES string of the molecule is CC(C)(Br)C(=O)/C=C/c1ccc(Cl)c(Cl)c1. The summed E-state index contributed by atoms with van der Waals surface area (Å²) in [5.41, 5.74) is 0.847. The van der Waals surface area contributed by atoms with E-state index in [1.807, 2.05) is 0 Å². The van der Waals surface area contributed by atoms with E-state index in [9.17, 15) is 4.79 Å². The largest absolute Gasteiger partial charge is 0.293 e. The first-order valence-corrected chi connectivity index (χ1v) is 6.22. The van der Waals surface area contributed by atoms with Crippen LogP contribution in [0, 0.1) is 0 Å². The average Bonchev–Trinajstić information content (AvgIpc) is 2.18. The molecule has 0 heterocycles. The first-order valence-electron chi connectivity index (χ1n) is 4.67. The van der Waals surface area contributed by atoms with Crippen LogP contribution in [0.2, 0.25) is 10.0 Å². The Hall–Kier alpha value is -0.310. The standard InChI is InChI=1S/C12H11BrCl2O/c1-12(2,13)11(16)6-4-8-3-5-9(14)10(15)7-8/h3-7H,1-2H3/b6-4+. The number of halogens is 3. The molecule has 86 valence electrons. The smallest absolute Gasteiger partial charge is 0.171 e. The Labute approximate surface area is 114 Å². The lowest BCUT2D eigenvalue weighted by atomic mass is 10.1. The number of allylic oxidation sites excluding steroid dienone is 1. The van der Waals surface area contributed by atoms with Crippen molar-refractivity contribution in [1.29, 1.82) is 0 Å². The van der Waals surface area contributed by atoms with Gasteiger partial charge in [-0.2, -0.15) is 0 Å². The van der Waals surface area contributed by atoms with E-state index in [2.05, 4.69) is 15.9 Å². The zero-order valence-corrected chi connectivity index (χ0v) is 12.0. The second-order valence-electron chi connectivity index (χ2n) is 3.84. The molecule has 0 radical (unpaired) electrons. The van der Waals surface area contributed by atoms with Crippen LogP contribution in [0.5, 0.6) is 0 Å². The molecule has 0 amide bonds.